The molecule has 8 heavy (non-hydrogen) atoms. The highest BCUT2D eigenvalue weighted by molar-refractivity contribution is 6.22. The Morgan fingerprint density at radius 2 is 2.12 bits per heavy atom. The second kappa shape index (κ2) is 2.58. The SMILES string of the molecule is CC(F)(Cl)C(F)CF. The zero-order valence-corrected chi connectivity index (χ0v) is 5.05. The number of rotatable bonds is 2. The van der Waals surface area contributed by atoms with Gasteiger partial charge in [-0.3, -0.25) is 0 Å². The predicted molar refractivity (Wildman–Crippen MR) is 26.2 cm³/mol. The summed E-state index contributed by atoms with van der Waals surface area (Å²) < 4.78 is 34.9. The van der Waals surface area contributed by atoms with E-state index in [0.717, 1.165) is 6.92 Å². The van der Waals surface area contributed by atoms with Crippen molar-refractivity contribution in [2.45, 2.75) is 18.2 Å². The summed E-state index contributed by atoms with van der Waals surface area (Å²) in [6.07, 6.45) is -2.22. The molecule has 0 amide bonds. The maximum absolute atomic E-state index is 11.9. The van der Waals surface area contributed by atoms with E-state index >= 15 is 0 Å². The van der Waals surface area contributed by atoms with E-state index in [1.54, 1.807) is 0 Å². The first-order valence-corrected chi connectivity index (χ1v) is 2.44. The van der Waals surface area contributed by atoms with Crippen LogP contribution in [0.2, 0.25) is 0 Å². The van der Waals surface area contributed by atoms with Crippen LogP contribution >= 0.6 is 11.6 Å². The van der Waals surface area contributed by atoms with Crippen LogP contribution in [-0.4, -0.2) is 18.0 Å². The van der Waals surface area contributed by atoms with Crippen molar-refractivity contribution >= 4 is 11.6 Å². The van der Waals surface area contributed by atoms with Gasteiger partial charge in [-0.05, 0) is 6.92 Å². The van der Waals surface area contributed by atoms with E-state index in [1.807, 2.05) is 0 Å². The van der Waals surface area contributed by atoms with E-state index in [1.165, 1.54) is 0 Å². The quantitative estimate of drug-likeness (QED) is 0.524. The Labute approximate surface area is 50.6 Å². The van der Waals surface area contributed by atoms with Crippen LogP contribution in [-0.2, 0) is 0 Å². The van der Waals surface area contributed by atoms with Crippen LogP contribution in [0.25, 0.3) is 0 Å². The first kappa shape index (κ1) is 8.08. The number of hydrogen-bond donors (Lipinski definition) is 0. The molecule has 4 heteroatoms. The smallest absolute Gasteiger partial charge is 0.214 e. The van der Waals surface area contributed by atoms with E-state index in [2.05, 4.69) is 0 Å². The number of halogens is 4. The maximum atomic E-state index is 11.9. The molecular weight excluding hydrogens is 140 g/mol. The lowest BCUT2D eigenvalue weighted by Crippen LogP contribution is -2.26. The molecule has 0 aliphatic heterocycles. The fraction of sp³-hybridized carbons (Fsp3) is 1.00. The molecule has 50 valence electrons. The number of alkyl halides is 4. The Bertz CT molecular complexity index is 68.2. The van der Waals surface area contributed by atoms with Crippen LogP contribution in [0, 0.1) is 0 Å². The average Bonchev–Trinajstić information content (AvgIpc) is 1.62. The van der Waals surface area contributed by atoms with Crippen molar-refractivity contribution in [3.63, 3.8) is 0 Å². The molecule has 0 saturated carbocycles. The molecule has 0 aliphatic carbocycles. The lowest BCUT2D eigenvalue weighted by Gasteiger charge is -2.12. The lowest BCUT2D eigenvalue weighted by molar-refractivity contribution is 0.118. The molecule has 0 radical (unpaired) electrons. The predicted octanol–water partition coefficient (Wildman–Crippen LogP) is 2.22. The van der Waals surface area contributed by atoms with Gasteiger partial charge in [0, 0.05) is 0 Å². The van der Waals surface area contributed by atoms with Gasteiger partial charge in [-0.1, -0.05) is 11.6 Å². The van der Waals surface area contributed by atoms with Crippen LogP contribution in [0.5, 0.6) is 0 Å². The zero-order chi connectivity index (χ0) is 6.78. The van der Waals surface area contributed by atoms with Gasteiger partial charge in [0.2, 0.25) is 5.13 Å². The van der Waals surface area contributed by atoms with Gasteiger partial charge >= 0.3 is 0 Å². The highest BCUT2D eigenvalue weighted by Crippen LogP contribution is 2.23. The monoisotopic (exact) mass is 146 g/mol. The molecule has 2 atom stereocenters. The van der Waals surface area contributed by atoms with Crippen LogP contribution in [0.3, 0.4) is 0 Å². The Morgan fingerprint density at radius 1 is 1.75 bits per heavy atom. The summed E-state index contributed by atoms with van der Waals surface area (Å²) in [5.74, 6) is 0. The van der Waals surface area contributed by atoms with Gasteiger partial charge in [0.1, 0.15) is 6.67 Å². The van der Waals surface area contributed by atoms with Gasteiger partial charge in [-0.25, -0.2) is 13.2 Å². The third kappa shape index (κ3) is 2.40. The molecule has 0 aliphatic rings. The molecule has 0 saturated heterocycles. The van der Waals surface area contributed by atoms with Crippen molar-refractivity contribution in [3.8, 4) is 0 Å². The van der Waals surface area contributed by atoms with Gasteiger partial charge in [-0.15, -0.1) is 0 Å². The van der Waals surface area contributed by atoms with E-state index in [-0.39, 0.29) is 0 Å². The van der Waals surface area contributed by atoms with Crippen LogP contribution in [0.1, 0.15) is 6.92 Å². The van der Waals surface area contributed by atoms with Gasteiger partial charge in [-0.2, -0.15) is 0 Å². The first-order chi connectivity index (χ1) is 3.48. The van der Waals surface area contributed by atoms with Crippen molar-refractivity contribution in [2.75, 3.05) is 6.67 Å². The summed E-state index contributed by atoms with van der Waals surface area (Å²) in [4.78, 5) is 0. The third-order valence-electron chi connectivity index (χ3n) is 0.685. The van der Waals surface area contributed by atoms with E-state index in [4.69, 9.17) is 11.6 Å². The number of hydrogen-bond acceptors (Lipinski definition) is 0. The third-order valence-corrected chi connectivity index (χ3v) is 0.922. The molecule has 0 aromatic heterocycles. The normalized spacial score (nSPS) is 22.1. The molecular formula is C4H6ClF3. The molecule has 0 aromatic carbocycles. The topological polar surface area (TPSA) is 0 Å². The molecule has 0 spiro atoms. The van der Waals surface area contributed by atoms with Crippen LogP contribution in [0.4, 0.5) is 13.2 Å². The first-order valence-electron chi connectivity index (χ1n) is 2.06. The Morgan fingerprint density at radius 3 is 2.12 bits per heavy atom. The summed E-state index contributed by atoms with van der Waals surface area (Å²) in [5.41, 5.74) is 0. The van der Waals surface area contributed by atoms with Crippen LogP contribution in [0.15, 0.2) is 0 Å². The van der Waals surface area contributed by atoms with Gasteiger partial charge in [0.05, 0.1) is 0 Å². The highest BCUT2D eigenvalue weighted by Gasteiger charge is 2.31. The zero-order valence-electron chi connectivity index (χ0n) is 4.30. The molecule has 0 rings (SSSR count). The molecule has 0 bridgehead atoms. The second-order valence-electron chi connectivity index (χ2n) is 1.58. The minimum Gasteiger partial charge on any atom is -0.248 e. The molecule has 0 nitrogen and oxygen atoms in total. The van der Waals surface area contributed by atoms with Crippen molar-refractivity contribution < 1.29 is 13.2 Å². The summed E-state index contributed by atoms with van der Waals surface area (Å²) in [5, 5.41) is -2.56. The fourth-order valence-corrected chi connectivity index (χ4v) is 0.194. The maximum Gasteiger partial charge on any atom is 0.214 e. The van der Waals surface area contributed by atoms with Crippen molar-refractivity contribution in [1.82, 2.24) is 0 Å². The van der Waals surface area contributed by atoms with E-state index in [9.17, 15) is 13.2 Å². The van der Waals surface area contributed by atoms with Crippen LogP contribution < -0.4 is 0 Å². The second-order valence-corrected chi connectivity index (χ2v) is 2.32. The Kier molecular flexibility index (Phi) is 2.60. The van der Waals surface area contributed by atoms with Crippen molar-refractivity contribution in [1.29, 1.82) is 0 Å². The van der Waals surface area contributed by atoms with E-state index in [0.29, 0.717) is 0 Å². The Hall–Kier alpha value is 0.0800. The lowest BCUT2D eigenvalue weighted by atomic mass is 10.3. The summed E-state index contributed by atoms with van der Waals surface area (Å²) in [6.45, 7) is -0.602. The molecule has 0 aromatic rings. The Balaban J connectivity index is 3.62. The average molecular weight is 147 g/mol. The van der Waals surface area contributed by atoms with Gasteiger partial charge in [0.25, 0.3) is 0 Å². The molecule has 0 heterocycles. The van der Waals surface area contributed by atoms with Gasteiger partial charge < -0.3 is 0 Å². The minimum atomic E-state index is -2.56. The summed E-state index contributed by atoms with van der Waals surface area (Å²) in [6, 6.07) is 0. The molecule has 0 N–H and O–H groups in total. The standard InChI is InChI=1S/C4H6ClF3/c1-4(5,8)3(7)2-6/h3H,2H2,1H3. The van der Waals surface area contributed by atoms with Crippen molar-refractivity contribution in [2.24, 2.45) is 0 Å². The summed E-state index contributed by atoms with van der Waals surface area (Å²) >= 11 is 4.70. The van der Waals surface area contributed by atoms with Gasteiger partial charge in [0.15, 0.2) is 6.17 Å². The molecule has 0 fully saturated rings. The minimum absolute atomic E-state index is 0.777. The van der Waals surface area contributed by atoms with Crippen molar-refractivity contribution in [3.05, 3.63) is 0 Å². The van der Waals surface area contributed by atoms with E-state index < -0.39 is 18.0 Å². The fourth-order valence-electron chi connectivity index (χ4n) is 0.135. The molecule has 2 unspecified atom stereocenters. The summed E-state index contributed by atoms with van der Waals surface area (Å²) in [7, 11) is 0. The largest absolute Gasteiger partial charge is 0.248 e. The highest BCUT2D eigenvalue weighted by atomic mass is 35.5.